The smallest absolute Gasteiger partial charge is 0.128 e. The molecule has 1 aromatic heterocycles. The van der Waals surface area contributed by atoms with Gasteiger partial charge in [0.2, 0.25) is 0 Å². The molecule has 2 rings (SSSR count). The van der Waals surface area contributed by atoms with Gasteiger partial charge in [-0.05, 0) is 32.9 Å². The molecule has 0 bridgehead atoms. The maximum absolute atomic E-state index is 6.27. The Kier molecular flexibility index (Phi) is 4.09. The average molecular weight is 301 g/mol. The summed E-state index contributed by atoms with van der Waals surface area (Å²) in [5.74, 6) is 0.812. The highest BCUT2D eigenvalue weighted by Crippen LogP contribution is 2.33. The van der Waals surface area contributed by atoms with Crippen molar-refractivity contribution in [1.29, 1.82) is 0 Å². The number of para-hydroxylation sites is 1. The maximum Gasteiger partial charge on any atom is 0.128 e. The highest BCUT2D eigenvalue weighted by molar-refractivity contribution is 6.35. The van der Waals surface area contributed by atoms with Crippen molar-refractivity contribution in [2.24, 2.45) is 0 Å². The summed E-state index contributed by atoms with van der Waals surface area (Å²) in [5, 5.41) is 0.447. The number of imidazole rings is 1. The van der Waals surface area contributed by atoms with Crippen molar-refractivity contribution in [1.82, 2.24) is 9.55 Å². The molecule has 0 aliphatic carbocycles. The Morgan fingerprint density at radius 3 is 2.68 bits per heavy atom. The van der Waals surface area contributed by atoms with Crippen molar-refractivity contribution in [3.63, 3.8) is 0 Å². The average Bonchev–Trinajstić information content (AvgIpc) is 2.70. The number of hydrogen-bond donors (Lipinski definition) is 0. The van der Waals surface area contributed by atoms with Crippen molar-refractivity contribution in [2.75, 3.05) is 13.7 Å². The molecule has 19 heavy (non-hydrogen) atoms. The minimum absolute atomic E-state index is 0.195. The van der Waals surface area contributed by atoms with Gasteiger partial charge in [0.15, 0.2) is 0 Å². The number of ether oxygens (including phenoxy) is 1. The summed E-state index contributed by atoms with van der Waals surface area (Å²) in [7, 11) is 1.69. The van der Waals surface area contributed by atoms with E-state index in [2.05, 4.69) is 23.4 Å². The third-order valence-electron chi connectivity index (χ3n) is 3.12. The van der Waals surface area contributed by atoms with Crippen molar-refractivity contribution < 1.29 is 4.74 Å². The Bertz CT molecular complexity index is 590. The minimum Gasteiger partial charge on any atom is -0.382 e. The van der Waals surface area contributed by atoms with Gasteiger partial charge in [-0.2, -0.15) is 0 Å². The number of rotatable bonds is 4. The zero-order chi connectivity index (χ0) is 14.2. The highest BCUT2D eigenvalue weighted by atomic mass is 35.5. The van der Waals surface area contributed by atoms with Gasteiger partial charge in [-0.3, -0.25) is 0 Å². The number of aromatic nitrogens is 2. The van der Waals surface area contributed by atoms with Gasteiger partial charge in [-0.15, -0.1) is 11.6 Å². The first-order chi connectivity index (χ1) is 8.88. The summed E-state index contributed by atoms with van der Waals surface area (Å²) in [6, 6.07) is 5.77. The molecule has 0 fully saturated rings. The SMILES string of the molecule is COCC(C)(C)n1c(C(C)Cl)nc2c(Cl)cccc21. The number of methoxy groups -OCH3 is 1. The fourth-order valence-corrected chi connectivity index (χ4v) is 2.76. The molecule has 1 heterocycles. The molecule has 0 aliphatic heterocycles. The Morgan fingerprint density at radius 2 is 2.11 bits per heavy atom. The number of alkyl halides is 1. The molecular weight excluding hydrogens is 283 g/mol. The first-order valence-corrected chi connectivity index (χ1v) is 7.00. The van der Waals surface area contributed by atoms with E-state index in [1.807, 2.05) is 25.1 Å². The molecule has 1 aromatic carbocycles. The van der Waals surface area contributed by atoms with Gasteiger partial charge < -0.3 is 9.30 Å². The Labute approximate surface area is 123 Å². The van der Waals surface area contributed by atoms with E-state index < -0.39 is 0 Å². The molecule has 0 saturated heterocycles. The molecule has 2 aromatic rings. The van der Waals surface area contributed by atoms with Crippen LogP contribution in [0.2, 0.25) is 5.02 Å². The zero-order valence-corrected chi connectivity index (χ0v) is 13.1. The Balaban J connectivity index is 2.76. The van der Waals surface area contributed by atoms with Crippen molar-refractivity contribution in [3.8, 4) is 0 Å². The lowest BCUT2D eigenvalue weighted by atomic mass is 10.1. The molecule has 1 unspecified atom stereocenters. The number of fused-ring (bicyclic) bond motifs is 1. The largest absolute Gasteiger partial charge is 0.382 e. The summed E-state index contributed by atoms with van der Waals surface area (Å²) in [6.45, 7) is 6.68. The Morgan fingerprint density at radius 1 is 1.42 bits per heavy atom. The molecule has 5 heteroatoms. The lowest BCUT2D eigenvalue weighted by Crippen LogP contribution is -2.33. The number of nitrogens with zero attached hydrogens (tertiary/aromatic N) is 2. The van der Waals surface area contributed by atoms with Crippen LogP contribution < -0.4 is 0 Å². The van der Waals surface area contributed by atoms with Crippen molar-refractivity contribution in [3.05, 3.63) is 29.0 Å². The predicted octanol–water partition coefficient (Wildman–Crippen LogP) is 4.37. The van der Waals surface area contributed by atoms with Gasteiger partial charge in [0.25, 0.3) is 0 Å². The van der Waals surface area contributed by atoms with Crippen LogP contribution in [-0.4, -0.2) is 23.3 Å². The van der Waals surface area contributed by atoms with E-state index in [9.17, 15) is 0 Å². The molecule has 0 N–H and O–H groups in total. The second kappa shape index (κ2) is 5.31. The van der Waals surface area contributed by atoms with E-state index in [0.29, 0.717) is 11.6 Å². The molecule has 0 saturated carbocycles. The van der Waals surface area contributed by atoms with Crippen LogP contribution in [0.5, 0.6) is 0 Å². The summed E-state index contributed by atoms with van der Waals surface area (Å²) in [6.07, 6.45) is 0. The quantitative estimate of drug-likeness (QED) is 0.784. The normalized spacial score (nSPS) is 14.0. The monoisotopic (exact) mass is 300 g/mol. The van der Waals surface area contributed by atoms with Crippen molar-refractivity contribution >= 4 is 34.2 Å². The summed E-state index contributed by atoms with van der Waals surface area (Å²) in [4.78, 5) is 4.60. The van der Waals surface area contributed by atoms with Gasteiger partial charge in [-0.25, -0.2) is 4.98 Å². The van der Waals surface area contributed by atoms with Crippen LogP contribution in [0.15, 0.2) is 18.2 Å². The number of benzene rings is 1. The van der Waals surface area contributed by atoms with Gasteiger partial charge >= 0.3 is 0 Å². The van der Waals surface area contributed by atoms with Gasteiger partial charge in [-0.1, -0.05) is 17.7 Å². The lowest BCUT2D eigenvalue weighted by molar-refractivity contribution is 0.110. The second-order valence-electron chi connectivity index (χ2n) is 5.27. The Hall–Kier alpha value is -0.770. The maximum atomic E-state index is 6.27. The molecule has 104 valence electrons. The lowest BCUT2D eigenvalue weighted by Gasteiger charge is -2.29. The third kappa shape index (κ3) is 2.60. The van der Waals surface area contributed by atoms with Crippen LogP contribution in [0.3, 0.4) is 0 Å². The molecule has 0 spiro atoms. The first-order valence-electron chi connectivity index (χ1n) is 6.19. The second-order valence-corrected chi connectivity index (χ2v) is 6.34. The standard InChI is InChI=1S/C14H18Cl2N2O/c1-9(15)13-17-12-10(16)6-5-7-11(12)18(13)14(2,3)8-19-4/h5-7,9H,8H2,1-4H3. The predicted molar refractivity (Wildman–Crippen MR) is 80.2 cm³/mol. The molecule has 0 amide bonds. The van der Waals surface area contributed by atoms with Crippen LogP contribution in [0, 0.1) is 0 Å². The van der Waals surface area contributed by atoms with Crippen LogP contribution in [0.25, 0.3) is 11.0 Å². The van der Waals surface area contributed by atoms with Gasteiger partial charge in [0, 0.05) is 7.11 Å². The number of halogens is 2. The molecule has 1 atom stereocenters. The summed E-state index contributed by atoms with van der Waals surface area (Å²) < 4.78 is 7.44. The molecule has 3 nitrogen and oxygen atoms in total. The topological polar surface area (TPSA) is 27.1 Å². The molecule has 0 aliphatic rings. The van der Waals surface area contributed by atoms with E-state index in [-0.39, 0.29) is 10.9 Å². The van der Waals surface area contributed by atoms with E-state index in [1.165, 1.54) is 0 Å². The minimum atomic E-state index is -0.243. The third-order valence-corrected chi connectivity index (χ3v) is 3.62. The van der Waals surface area contributed by atoms with E-state index in [1.54, 1.807) is 7.11 Å². The van der Waals surface area contributed by atoms with Crippen LogP contribution in [0.4, 0.5) is 0 Å². The molecular formula is C14H18Cl2N2O. The van der Waals surface area contributed by atoms with Crippen LogP contribution in [-0.2, 0) is 10.3 Å². The summed E-state index contributed by atoms with van der Waals surface area (Å²) in [5.41, 5.74) is 1.53. The van der Waals surface area contributed by atoms with Crippen LogP contribution >= 0.6 is 23.2 Å². The van der Waals surface area contributed by atoms with E-state index >= 15 is 0 Å². The summed E-state index contributed by atoms with van der Waals surface area (Å²) >= 11 is 12.5. The van der Waals surface area contributed by atoms with Crippen molar-refractivity contribution in [2.45, 2.75) is 31.7 Å². The fraction of sp³-hybridized carbons (Fsp3) is 0.500. The van der Waals surface area contributed by atoms with E-state index in [4.69, 9.17) is 27.9 Å². The number of hydrogen-bond acceptors (Lipinski definition) is 2. The van der Waals surface area contributed by atoms with Gasteiger partial charge in [0.1, 0.15) is 11.3 Å². The zero-order valence-electron chi connectivity index (χ0n) is 11.6. The molecule has 0 radical (unpaired) electrons. The fourth-order valence-electron chi connectivity index (χ4n) is 2.40. The highest BCUT2D eigenvalue weighted by Gasteiger charge is 2.28. The van der Waals surface area contributed by atoms with E-state index in [0.717, 1.165) is 16.9 Å². The van der Waals surface area contributed by atoms with Crippen LogP contribution in [0.1, 0.15) is 32.0 Å². The first kappa shape index (κ1) is 14.6. The van der Waals surface area contributed by atoms with Gasteiger partial charge in [0.05, 0.1) is 28.1 Å².